The van der Waals surface area contributed by atoms with Gasteiger partial charge in [0.25, 0.3) is 5.91 Å². The van der Waals surface area contributed by atoms with Crippen LogP contribution in [0, 0.1) is 35.0 Å². The molecule has 6 N–H and O–H groups in total. The standard InChI is InChI=1S/C28H33F3N6O6/c1-26(2,3)20(36-25(42)28(29,30)31)23(40)37-11-14-12-4-5-13(8-12)19(14)27(37,24(33)41)15(21(32)38)9-18-22(39)35-16-10-34-7-6-17(16)43-18/h4-7,10,12-15,18-20H,8-9,11H2,1-3H3,(H2,32,38)(H2,33,41)(H,35,39)(H,36,42)/t12?,13?,14?,15-,18+,19?,20-,27?/m1/s1. The molecule has 1 saturated carbocycles. The van der Waals surface area contributed by atoms with Gasteiger partial charge in [-0.3, -0.25) is 29.0 Å². The number of halogens is 3. The van der Waals surface area contributed by atoms with Crippen LogP contribution in [-0.4, -0.2) is 69.8 Å². The van der Waals surface area contributed by atoms with Gasteiger partial charge in [0.1, 0.15) is 23.0 Å². The van der Waals surface area contributed by atoms with Crippen LogP contribution in [0.4, 0.5) is 18.9 Å². The van der Waals surface area contributed by atoms with Crippen LogP contribution in [0.15, 0.2) is 30.6 Å². The molecule has 0 spiro atoms. The van der Waals surface area contributed by atoms with Crippen LogP contribution in [0.1, 0.15) is 33.6 Å². The second-order valence-corrected chi connectivity index (χ2v) is 12.7. The number of pyridine rings is 1. The van der Waals surface area contributed by atoms with Crippen LogP contribution < -0.4 is 26.8 Å². The number of aromatic nitrogens is 1. The molecule has 2 fully saturated rings. The highest BCUT2D eigenvalue weighted by Crippen LogP contribution is 2.60. The maximum atomic E-state index is 14.3. The summed E-state index contributed by atoms with van der Waals surface area (Å²) >= 11 is 0. The summed E-state index contributed by atoms with van der Waals surface area (Å²) < 4.78 is 45.8. The highest BCUT2D eigenvalue weighted by Gasteiger charge is 2.70. The number of hydrogen-bond acceptors (Lipinski definition) is 7. The number of anilines is 1. The molecule has 1 aromatic heterocycles. The number of carbonyl (C=O) groups is 5. The van der Waals surface area contributed by atoms with Gasteiger partial charge < -0.3 is 31.7 Å². The van der Waals surface area contributed by atoms with Gasteiger partial charge in [-0.15, -0.1) is 0 Å². The zero-order chi connectivity index (χ0) is 31.6. The number of allylic oxidation sites excluding steroid dienone is 2. The molecule has 43 heavy (non-hydrogen) atoms. The van der Waals surface area contributed by atoms with E-state index in [0.29, 0.717) is 6.42 Å². The van der Waals surface area contributed by atoms with E-state index in [2.05, 4.69) is 10.3 Å². The molecule has 2 bridgehead atoms. The van der Waals surface area contributed by atoms with Gasteiger partial charge in [0, 0.05) is 31.1 Å². The minimum absolute atomic E-state index is 0.0912. The first-order valence-corrected chi connectivity index (χ1v) is 13.9. The predicted molar refractivity (Wildman–Crippen MR) is 143 cm³/mol. The van der Waals surface area contributed by atoms with Gasteiger partial charge in [0.05, 0.1) is 12.1 Å². The number of alkyl halides is 3. The van der Waals surface area contributed by atoms with Crippen molar-refractivity contribution < 1.29 is 41.9 Å². The Bertz CT molecular complexity index is 1410. The molecule has 12 nitrogen and oxygen atoms in total. The van der Waals surface area contributed by atoms with Crippen molar-refractivity contribution in [2.75, 3.05) is 11.9 Å². The largest absolute Gasteiger partial charge is 0.478 e. The molecule has 3 heterocycles. The van der Waals surface area contributed by atoms with E-state index in [-0.39, 0.29) is 35.7 Å². The van der Waals surface area contributed by atoms with Gasteiger partial charge in [-0.05, 0) is 29.6 Å². The van der Waals surface area contributed by atoms with Crippen LogP contribution in [0.5, 0.6) is 5.75 Å². The van der Waals surface area contributed by atoms with Crippen molar-refractivity contribution in [2.45, 2.75) is 57.5 Å². The minimum Gasteiger partial charge on any atom is -0.478 e. The van der Waals surface area contributed by atoms with Crippen molar-refractivity contribution in [2.24, 2.45) is 46.5 Å². The van der Waals surface area contributed by atoms with E-state index in [1.54, 1.807) is 5.32 Å². The molecule has 4 aliphatic rings. The molecule has 5 rings (SSSR count). The number of nitrogens with zero attached hydrogens (tertiary/aromatic N) is 2. The first kappa shape index (κ1) is 30.3. The summed E-state index contributed by atoms with van der Waals surface area (Å²) in [7, 11) is 0. The summed E-state index contributed by atoms with van der Waals surface area (Å²) in [6.45, 7) is 4.25. The Morgan fingerprint density at radius 3 is 2.47 bits per heavy atom. The number of primary amides is 2. The predicted octanol–water partition coefficient (Wildman–Crippen LogP) is 0.871. The molecule has 0 aromatic carbocycles. The molecule has 15 heteroatoms. The fourth-order valence-electron chi connectivity index (χ4n) is 7.43. The van der Waals surface area contributed by atoms with E-state index in [0.717, 1.165) is 4.90 Å². The summed E-state index contributed by atoms with van der Waals surface area (Å²) in [5.74, 6) is -8.96. The smallest absolute Gasteiger partial charge is 0.471 e. The third-order valence-corrected chi connectivity index (χ3v) is 9.20. The summed E-state index contributed by atoms with van der Waals surface area (Å²) in [5.41, 5.74) is 8.91. The van der Waals surface area contributed by atoms with Crippen LogP contribution in [-0.2, 0) is 24.0 Å². The van der Waals surface area contributed by atoms with Crippen LogP contribution in [0.3, 0.4) is 0 Å². The highest BCUT2D eigenvalue weighted by atomic mass is 19.4. The number of rotatable bonds is 7. The van der Waals surface area contributed by atoms with Crippen molar-refractivity contribution in [1.29, 1.82) is 0 Å². The van der Waals surface area contributed by atoms with E-state index in [1.807, 2.05) is 12.2 Å². The number of likely N-dealkylation sites (tertiary alicyclic amines) is 1. The molecule has 5 unspecified atom stereocenters. The maximum absolute atomic E-state index is 14.3. The van der Waals surface area contributed by atoms with Crippen LogP contribution in [0.2, 0.25) is 0 Å². The summed E-state index contributed by atoms with van der Waals surface area (Å²) in [6.07, 6.45) is 0.136. The molecule has 232 valence electrons. The number of hydrogen-bond donors (Lipinski definition) is 4. The molecular weight excluding hydrogens is 573 g/mol. The third kappa shape index (κ3) is 4.87. The Morgan fingerprint density at radius 2 is 1.86 bits per heavy atom. The zero-order valence-electron chi connectivity index (χ0n) is 23.7. The fraction of sp³-hybridized carbons (Fsp3) is 0.571. The molecule has 0 radical (unpaired) electrons. The molecule has 5 amide bonds. The van der Waals surface area contributed by atoms with Gasteiger partial charge in [0.15, 0.2) is 6.10 Å². The summed E-state index contributed by atoms with van der Waals surface area (Å²) in [4.78, 5) is 71.4. The maximum Gasteiger partial charge on any atom is 0.471 e. The van der Waals surface area contributed by atoms with E-state index in [4.69, 9.17) is 16.2 Å². The number of nitrogens with one attached hydrogen (secondary N) is 2. The van der Waals surface area contributed by atoms with Gasteiger partial charge in [0.2, 0.25) is 17.7 Å². The SMILES string of the molecule is CC(C)(C)[C@H](NC(=O)C(F)(F)F)C(=O)N1CC2C3C=CC(C3)C2C1(C(N)=O)[C@H](C[C@@H]1Oc2ccncc2NC1=O)C(N)=O. The Morgan fingerprint density at radius 1 is 1.19 bits per heavy atom. The molecule has 2 aliphatic carbocycles. The Kier molecular flexibility index (Phi) is 7.21. The lowest BCUT2D eigenvalue weighted by molar-refractivity contribution is -0.177. The average molecular weight is 607 g/mol. The second kappa shape index (κ2) is 10.2. The summed E-state index contributed by atoms with van der Waals surface area (Å²) in [5, 5.41) is 4.42. The van der Waals surface area contributed by atoms with Crippen molar-refractivity contribution >= 4 is 35.2 Å². The van der Waals surface area contributed by atoms with E-state index in [9.17, 15) is 37.1 Å². The molecule has 8 atom stereocenters. The topological polar surface area (TPSA) is 187 Å². The van der Waals surface area contributed by atoms with Gasteiger partial charge in [-0.1, -0.05) is 32.9 Å². The van der Waals surface area contributed by atoms with Crippen molar-refractivity contribution in [1.82, 2.24) is 15.2 Å². The highest BCUT2D eigenvalue weighted by molar-refractivity contribution is 6.01. The lowest BCUT2D eigenvalue weighted by Gasteiger charge is -2.48. The lowest BCUT2D eigenvalue weighted by atomic mass is 9.65. The molecule has 1 saturated heterocycles. The molecule has 2 aliphatic heterocycles. The minimum atomic E-state index is -5.29. The van der Waals surface area contributed by atoms with Gasteiger partial charge >= 0.3 is 12.1 Å². The van der Waals surface area contributed by atoms with E-state index in [1.165, 1.54) is 39.2 Å². The van der Waals surface area contributed by atoms with Crippen LogP contribution >= 0.6 is 0 Å². The van der Waals surface area contributed by atoms with Crippen molar-refractivity contribution in [3.8, 4) is 5.75 Å². The van der Waals surface area contributed by atoms with Crippen molar-refractivity contribution in [3.63, 3.8) is 0 Å². The molecular formula is C28H33F3N6O6. The van der Waals surface area contributed by atoms with Crippen LogP contribution in [0.25, 0.3) is 0 Å². The van der Waals surface area contributed by atoms with E-state index >= 15 is 0 Å². The normalized spacial score (nSPS) is 30.5. The van der Waals surface area contributed by atoms with Gasteiger partial charge in [-0.25, -0.2) is 0 Å². The number of nitrogens with two attached hydrogens (primary N) is 2. The first-order chi connectivity index (χ1) is 20.0. The average Bonchev–Trinajstić information content (AvgIpc) is 3.61. The summed E-state index contributed by atoms with van der Waals surface area (Å²) in [6, 6.07) is -0.267. The fourth-order valence-corrected chi connectivity index (χ4v) is 7.43. The quantitative estimate of drug-likeness (QED) is 0.332. The number of fused-ring (bicyclic) bond motifs is 6. The Labute approximate surface area is 244 Å². The third-order valence-electron chi connectivity index (χ3n) is 9.20. The first-order valence-electron chi connectivity index (χ1n) is 13.9. The second-order valence-electron chi connectivity index (χ2n) is 12.7. The van der Waals surface area contributed by atoms with Crippen molar-refractivity contribution in [3.05, 3.63) is 30.6 Å². The number of carbonyl (C=O) groups excluding carboxylic acids is 5. The zero-order valence-corrected chi connectivity index (χ0v) is 23.7. The molecule has 1 aromatic rings. The monoisotopic (exact) mass is 606 g/mol. The Hall–Kier alpha value is -4.17. The number of amides is 5. The number of ether oxygens (including phenoxy) is 1. The lowest BCUT2D eigenvalue weighted by Crippen LogP contribution is -2.70. The Balaban J connectivity index is 1.60. The van der Waals surface area contributed by atoms with Gasteiger partial charge in [-0.2, -0.15) is 13.2 Å². The van der Waals surface area contributed by atoms with E-state index < -0.39 is 77.1 Å².